The van der Waals surface area contributed by atoms with Gasteiger partial charge in [0.05, 0.1) is 12.1 Å². The lowest BCUT2D eigenvalue weighted by Crippen LogP contribution is -2.42. The van der Waals surface area contributed by atoms with Crippen LogP contribution in [0.25, 0.3) is 0 Å². The van der Waals surface area contributed by atoms with E-state index in [1.54, 1.807) is 12.1 Å². The molecule has 1 aliphatic rings. The Bertz CT molecular complexity index is 676. The van der Waals surface area contributed by atoms with Crippen molar-refractivity contribution < 1.29 is 9.59 Å². The first kappa shape index (κ1) is 11.7. The smallest absolute Gasteiger partial charge is 0.265 e. The summed E-state index contributed by atoms with van der Waals surface area (Å²) in [7, 11) is 0. The summed E-state index contributed by atoms with van der Waals surface area (Å²) in [6.07, 6.45) is 0.274. The maximum Gasteiger partial charge on any atom is 0.265 e. The third-order valence-corrected chi connectivity index (χ3v) is 3.40. The van der Waals surface area contributed by atoms with E-state index >= 15 is 0 Å². The Labute approximate surface area is 111 Å². The Morgan fingerprint density at radius 3 is 2.42 bits per heavy atom. The molecule has 0 saturated carbocycles. The van der Waals surface area contributed by atoms with Crippen LogP contribution in [0.3, 0.4) is 0 Å². The highest BCUT2D eigenvalue weighted by Gasteiger charge is 2.32. The Morgan fingerprint density at radius 1 is 0.947 bits per heavy atom. The Balaban J connectivity index is 2.12. The first-order valence-corrected chi connectivity index (χ1v) is 6.19. The molecule has 3 rings (SSSR count). The lowest BCUT2D eigenvalue weighted by Gasteiger charge is -2.27. The number of carbonyl (C=O) groups excluding carboxylic acids is 2. The third kappa shape index (κ3) is 1.83. The first-order chi connectivity index (χ1) is 9.18. The van der Waals surface area contributed by atoms with Gasteiger partial charge in [-0.2, -0.15) is 0 Å². The van der Waals surface area contributed by atoms with Gasteiger partial charge in [0, 0.05) is 5.56 Å². The zero-order valence-corrected chi connectivity index (χ0v) is 10.6. The van der Waals surface area contributed by atoms with Crippen molar-refractivity contribution in [3.8, 4) is 0 Å². The molecule has 0 unspecified atom stereocenters. The minimum atomic E-state index is -0.235. The predicted molar refractivity (Wildman–Crippen MR) is 73.1 cm³/mol. The highest BCUT2D eigenvalue weighted by atomic mass is 16.2. The van der Waals surface area contributed by atoms with Gasteiger partial charge in [-0.1, -0.05) is 36.4 Å². The van der Waals surface area contributed by atoms with Gasteiger partial charge in [0.1, 0.15) is 0 Å². The Hall–Kier alpha value is -2.42. The number of hydrogen-bond acceptors (Lipinski definition) is 2. The molecule has 94 valence electrons. The van der Waals surface area contributed by atoms with E-state index in [1.807, 2.05) is 43.3 Å². The van der Waals surface area contributed by atoms with E-state index in [0.29, 0.717) is 11.3 Å². The molecule has 1 heterocycles. The molecule has 2 aromatic carbocycles. The van der Waals surface area contributed by atoms with Crippen molar-refractivity contribution >= 4 is 17.5 Å². The standard InChI is InChI=1S/C16H13NO2/c1-11-6-2-5-9-14(11)17-15(18)10-12-7-3-4-8-13(12)16(17)19/h2-9H,10H2,1H3. The fourth-order valence-electron chi connectivity index (χ4n) is 2.42. The van der Waals surface area contributed by atoms with Gasteiger partial charge in [-0.3, -0.25) is 9.59 Å². The van der Waals surface area contributed by atoms with Crippen molar-refractivity contribution in [2.75, 3.05) is 4.90 Å². The molecule has 0 atom stereocenters. The molecular weight excluding hydrogens is 238 g/mol. The van der Waals surface area contributed by atoms with Crippen molar-refractivity contribution in [1.29, 1.82) is 0 Å². The molecule has 1 aliphatic heterocycles. The second kappa shape index (κ2) is 4.35. The number of rotatable bonds is 1. The molecule has 3 heteroatoms. The van der Waals surface area contributed by atoms with Gasteiger partial charge in [-0.15, -0.1) is 0 Å². The number of nitrogens with zero attached hydrogens (tertiary/aromatic N) is 1. The van der Waals surface area contributed by atoms with Gasteiger partial charge >= 0.3 is 0 Å². The highest BCUT2D eigenvalue weighted by molar-refractivity contribution is 6.24. The molecule has 0 aromatic heterocycles. The molecule has 0 N–H and O–H groups in total. The average Bonchev–Trinajstić information content (AvgIpc) is 2.41. The second-order valence-corrected chi connectivity index (χ2v) is 4.65. The number of benzene rings is 2. The predicted octanol–water partition coefficient (Wildman–Crippen LogP) is 2.72. The highest BCUT2D eigenvalue weighted by Crippen LogP contribution is 2.27. The minimum absolute atomic E-state index is 0.169. The van der Waals surface area contributed by atoms with Crippen LogP contribution in [0.1, 0.15) is 21.5 Å². The van der Waals surface area contributed by atoms with Gasteiger partial charge < -0.3 is 0 Å². The van der Waals surface area contributed by atoms with Crippen molar-refractivity contribution in [3.63, 3.8) is 0 Å². The molecule has 0 bridgehead atoms. The summed E-state index contributed by atoms with van der Waals surface area (Å²) >= 11 is 0. The number of carbonyl (C=O) groups is 2. The SMILES string of the molecule is Cc1ccccc1N1C(=O)Cc2ccccc2C1=O. The minimum Gasteiger partial charge on any atom is -0.274 e. The number of para-hydroxylation sites is 1. The van der Waals surface area contributed by atoms with E-state index in [0.717, 1.165) is 11.1 Å². The Morgan fingerprint density at radius 2 is 1.63 bits per heavy atom. The van der Waals surface area contributed by atoms with Crippen LogP contribution in [0, 0.1) is 6.92 Å². The van der Waals surface area contributed by atoms with Crippen LogP contribution in [-0.2, 0) is 11.2 Å². The summed E-state index contributed by atoms with van der Waals surface area (Å²) in [5.74, 6) is -0.404. The maximum absolute atomic E-state index is 12.5. The van der Waals surface area contributed by atoms with Gasteiger partial charge in [-0.05, 0) is 30.2 Å². The zero-order valence-electron chi connectivity index (χ0n) is 10.6. The van der Waals surface area contributed by atoms with Crippen LogP contribution in [0.15, 0.2) is 48.5 Å². The van der Waals surface area contributed by atoms with Gasteiger partial charge in [0.2, 0.25) is 5.91 Å². The second-order valence-electron chi connectivity index (χ2n) is 4.65. The summed E-state index contributed by atoms with van der Waals surface area (Å²) in [5, 5.41) is 0. The average molecular weight is 251 g/mol. The summed E-state index contributed by atoms with van der Waals surface area (Å²) < 4.78 is 0. The molecule has 2 amide bonds. The first-order valence-electron chi connectivity index (χ1n) is 6.19. The fraction of sp³-hybridized carbons (Fsp3) is 0.125. The van der Waals surface area contributed by atoms with Gasteiger partial charge in [-0.25, -0.2) is 4.90 Å². The number of anilines is 1. The third-order valence-electron chi connectivity index (χ3n) is 3.40. The molecule has 0 saturated heterocycles. The van der Waals surface area contributed by atoms with Gasteiger partial charge in [0.25, 0.3) is 5.91 Å². The van der Waals surface area contributed by atoms with Crippen molar-refractivity contribution in [2.24, 2.45) is 0 Å². The number of imide groups is 1. The van der Waals surface area contributed by atoms with Crippen LogP contribution < -0.4 is 4.90 Å². The molecular formula is C16H13NO2. The molecule has 0 spiro atoms. The van der Waals surface area contributed by atoms with Crippen LogP contribution in [-0.4, -0.2) is 11.8 Å². The number of hydrogen-bond donors (Lipinski definition) is 0. The van der Waals surface area contributed by atoms with E-state index in [-0.39, 0.29) is 18.2 Å². The van der Waals surface area contributed by atoms with Crippen LogP contribution in [0.5, 0.6) is 0 Å². The van der Waals surface area contributed by atoms with Gasteiger partial charge in [0.15, 0.2) is 0 Å². The maximum atomic E-state index is 12.5. The monoisotopic (exact) mass is 251 g/mol. The summed E-state index contributed by atoms with van der Waals surface area (Å²) in [6.45, 7) is 1.90. The zero-order chi connectivity index (χ0) is 13.4. The molecule has 2 aromatic rings. The largest absolute Gasteiger partial charge is 0.274 e. The van der Waals surface area contributed by atoms with E-state index in [1.165, 1.54) is 4.90 Å². The fourth-order valence-corrected chi connectivity index (χ4v) is 2.42. The molecule has 3 nitrogen and oxygen atoms in total. The van der Waals surface area contributed by atoms with E-state index < -0.39 is 0 Å². The Kier molecular flexibility index (Phi) is 2.67. The number of amides is 2. The molecule has 0 fully saturated rings. The van der Waals surface area contributed by atoms with E-state index in [9.17, 15) is 9.59 Å². The number of fused-ring (bicyclic) bond motifs is 1. The summed E-state index contributed by atoms with van der Waals surface area (Å²) in [4.78, 5) is 26.0. The molecule has 19 heavy (non-hydrogen) atoms. The number of aryl methyl sites for hydroxylation is 1. The topological polar surface area (TPSA) is 37.4 Å². The van der Waals surface area contributed by atoms with Crippen LogP contribution in [0.4, 0.5) is 5.69 Å². The lowest BCUT2D eigenvalue weighted by atomic mass is 9.97. The lowest BCUT2D eigenvalue weighted by molar-refractivity contribution is -0.117. The summed E-state index contributed by atoms with van der Waals surface area (Å²) in [6, 6.07) is 14.7. The normalized spacial score (nSPS) is 14.5. The molecule has 0 radical (unpaired) electrons. The van der Waals surface area contributed by atoms with Crippen molar-refractivity contribution in [2.45, 2.75) is 13.3 Å². The quantitative estimate of drug-likeness (QED) is 0.731. The van der Waals surface area contributed by atoms with E-state index in [2.05, 4.69) is 0 Å². The van der Waals surface area contributed by atoms with E-state index in [4.69, 9.17) is 0 Å². The van der Waals surface area contributed by atoms with Crippen LogP contribution in [0.2, 0.25) is 0 Å². The summed E-state index contributed by atoms with van der Waals surface area (Å²) in [5.41, 5.74) is 3.02. The van der Waals surface area contributed by atoms with Crippen molar-refractivity contribution in [3.05, 3.63) is 65.2 Å². The van der Waals surface area contributed by atoms with Crippen LogP contribution >= 0.6 is 0 Å². The molecule has 0 aliphatic carbocycles. The van der Waals surface area contributed by atoms with Crippen molar-refractivity contribution in [1.82, 2.24) is 0 Å².